The second kappa shape index (κ2) is 7.59. The molecule has 0 saturated carbocycles. The topological polar surface area (TPSA) is 81.2 Å². The third-order valence-electron chi connectivity index (χ3n) is 3.17. The summed E-state index contributed by atoms with van der Waals surface area (Å²) in [5.41, 5.74) is 1.17. The molecule has 0 bridgehead atoms. The fourth-order valence-electron chi connectivity index (χ4n) is 1.88. The minimum atomic E-state index is -0.708. The second-order valence-electron chi connectivity index (χ2n) is 4.89. The smallest absolute Gasteiger partial charge is 0.359 e. The monoisotopic (exact) mass is 367 g/mol. The van der Waals surface area contributed by atoms with E-state index in [0.717, 1.165) is 0 Å². The van der Waals surface area contributed by atoms with Gasteiger partial charge in [-0.25, -0.2) is 14.8 Å². The number of aryl methyl sites for hydroxylation is 2. The Bertz CT molecular complexity index is 809. The summed E-state index contributed by atoms with van der Waals surface area (Å²) in [7, 11) is 0. The van der Waals surface area contributed by atoms with E-state index in [1.165, 1.54) is 6.07 Å². The number of anilines is 1. The number of hydrogen-bond acceptors (Lipinski definition) is 5. The van der Waals surface area contributed by atoms with Crippen molar-refractivity contribution in [3.8, 4) is 0 Å². The van der Waals surface area contributed by atoms with Gasteiger partial charge in [-0.3, -0.25) is 4.79 Å². The van der Waals surface area contributed by atoms with Gasteiger partial charge >= 0.3 is 5.97 Å². The summed E-state index contributed by atoms with van der Waals surface area (Å²) in [6.07, 6.45) is 0. The number of halogens is 2. The molecule has 0 spiro atoms. The maximum atomic E-state index is 12.5. The molecule has 1 aromatic carbocycles. The van der Waals surface area contributed by atoms with Crippen molar-refractivity contribution in [1.82, 2.24) is 9.97 Å². The first-order valence-electron chi connectivity index (χ1n) is 7.12. The molecule has 0 aliphatic carbocycles. The molecule has 8 heteroatoms. The molecule has 0 unspecified atom stereocenters. The molecule has 0 fully saturated rings. The van der Waals surface area contributed by atoms with E-state index in [9.17, 15) is 9.59 Å². The molecule has 2 rings (SSSR count). The van der Waals surface area contributed by atoms with Crippen LogP contribution in [0.4, 0.5) is 5.69 Å². The Morgan fingerprint density at radius 3 is 2.33 bits per heavy atom. The zero-order valence-electron chi connectivity index (χ0n) is 13.3. The van der Waals surface area contributed by atoms with Crippen LogP contribution in [0.15, 0.2) is 18.2 Å². The summed E-state index contributed by atoms with van der Waals surface area (Å²) in [6.45, 7) is 5.23. The summed E-state index contributed by atoms with van der Waals surface area (Å²) in [5, 5.41) is 3.31. The predicted octanol–water partition coefficient (Wildman–Crippen LogP) is 3.83. The third-order valence-corrected chi connectivity index (χ3v) is 3.72. The Kier molecular flexibility index (Phi) is 5.75. The Balaban J connectivity index is 2.40. The maximum absolute atomic E-state index is 12.5. The van der Waals surface area contributed by atoms with Crippen LogP contribution >= 0.6 is 23.2 Å². The molecular weight excluding hydrogens is 353 g/mol. The first-order valence-corrected chi connectivity index (χ1v) is 7.87. The van der Waals surface area contributed by atoms with Crippen LogP contribution in [-0.2, 0) is 4.74 Å². The average molecular weight is 368 g/mol. The SMILES string of the molecule is CCOC(=O)c1nc(C)c(C)nc1C(=O)Nc1ccc(Cl)cc1Cl. The highest BCUT2D eigenvalue weighted by Gasteiger charge is 2.23. The molecule has 0 saturated heterocycles. The van der Waals surface area contributed by atoms with Crippen LogP contribution in [0.1, 0.15) is 39.3 Å². The highest BCUT2D eigenvalue weighted by Crippen LogP contribution is 2.26. The van der Waals surface area contributed by atoms with Crippen LogP contribution in [0.3, 0.4) is 0 Å². The lowest BCUT2D eigenvalue weighted by Crippen LogP contribution is -2.22. The quantitative estimate of drug-likeness (QED) is 0.830. The fraction of sp³-hybridized carbons (Fsp3) is 0.250. The number of amides is 1. The van der Waals surface area contributed by atoms with Crippen LogP contribution in [0.25, 0.3) is 0 Å². The van der Waals surface area contributed by atoms with E-state index in [1.807, 2.05) is 0 Å². The summed E-state index contributed by atoms with van der Waals surface area (Å²) < 4.78 is 4.94. The minimum Gasteiger partial charge on any atom is -0.461 e. The number of esters is 1. The van der Waals surface area contributed by atoms with Crippen molar-refractivity contribution in [3.05, 3.63) is 51.0 Å². The number of nitrogens with one attached hydrogen (secondary N) is 1. The lowest BCUT2D eigenvalue weighted by Gasteiger charge is -2.11. The van der Waals surface area contributed by atoms with Gasteiger partial charge in [0, 0.05) is 5.02 Å². The van der Waals surface area contributed by atoms with Crippen molar-refractivity contribution in [1.29, 1.82) is 0 Å². The largest absolute Gasteiger partial charge is 0.461 e. The molecule has 126 valence electrons. The third kappa shape index (κ3) is 4.01. The number of aromatic nitrogens is 2. The van der Waals surface area contributed by atoms with Gasteiger partial charge < -0.3 is 10.1 Å². The van der Waals surface area contributed by atoms with Crippen LogP contribution in [0.2, 0.25) is 10.0 Å². The van der Waals surface area contributed by atoms with Gasteiger partial charge in [0.1, 0.15) is 0 Å². The van der Waals surface area contributed by atoms with Crippen LogP contribution in [0, 0.1) is 13.8 Å². The first kappa shape index (κ1) is 18.2. The van der Waals surface area contributed by atoms with E-state index in [1.54, 1.807) is 32.9 Å². The summed E-state index contributed by atoms with van der Waals surface area (Å²) >= 11 is 11.9. The van der Waals surface area contributed by atoms with Gasteiger partial charge in [-0.1, -0.05) is 23.2 Å². The van der Waals surface area contributed by atoms with E-state index in [2.05, 4.69) is 15.3 Å². The highest BCUT2D eigenvalue weighted by atomic mass is 35.5. The van der Waals surface area contributed by atoms with E-state index in [4.69, 9.17) is 27.9 Å². The van der Waals surface area contributed by atoms with E-state index < -0.39 is 11.9 Å². The highest BCUT2D eigenvalue weighted by molar-refractivity contribution is 6.36. The fourth-order valence-corrected chi connectivity index (χ4v) is 2.33. The van der Waals surface area contributed by atoms with Crippen LogP contribution in [0.5, 0.6) is 0 Å². The molecular formula is C16H15Cl2N3O3. The number of ether oxygens (including phenoxy) is 1. The van der Waals surface area contributed by atoms with Gasteiger partial charge in [0.05, 0.1) is 28.7 Å². The van der Waals surface area contributed by atoms with Crippen molar-refractivity contribution in [2.45, 2.75) is 20.8 Å². The molecule has 2 aromatic rings. The Labute approximate surface area is 149 Å². The predicted molar refractivity (Wildman–Crippen MR) is 91.9 cm³/mol. The maximum Gasteiger partial charge on any atom is 0.359 e. The average Bonchev–Trinajstić information content (AvgIpc) is 2.52. The van der Waals surface area contributed by atoms with Crippen LogP contribution in [-0.4, -0.2) is 28.5 Å². The Hall–Kier alpha value is -2.18. The number of nitrogens with zero attached hydrogens (tertiary/aromatic N) is 2. The first-order chi connectivity index (χ1) is 11.3. The molecule has 1 heterocycles. The van der Waals surface area contributed by atoms with Crippen LogP contribution < -0.4 is 5.32 Å². The number of benzene rings is 1. The molecule has 0 aliphatic heterocycles. The number of hydrogen-bond donors (Lipinski definition) is 1. The molecule has 0 atom stereocenters. The van der Waals surface area contributed by atoms with Gasteiger partial charge in [-0.15, -0.1) is 0 Å². The summed E-state index contributed by atoms with van der Waals surface area (Å²) in [5.74, 6) is -1.32. The standard InChI is InChI=1S/C16H15Cl2N3O3/c1-4-24-16(23)14-13(19-8(2)9(3)20-14)15(22)21-12-6-5-10(17)7-11(12)18/h5-7H,4H2,1-3H3,(H,21,22). The zero-order valence-corrected chi connectivity index (χ0v) is 14.8. The molecule has 1 aromatic heterocycles. The molecule has 0 radical (unpaired) electrons. The normalized spacial score (nSPS) is 10.4. The van der Waals surface area contributed by atoms with Gasteiger partial charge in [-0.05, 0) is 39.0 Å². The van der Waals surface area contributed by atoms with E-state index in [-0.39, 0.29) is 23.0 Å². The lowest BCUT2D eigenvalue weighted by molar-refractivity contribution is 0.0515. The zero-order chi connectivity index (χ0) is 17.9. The number of carbonyl (C=O) groups is 2. The van der Waals surface area contributed by atoms with Crippen molar-refractivity contribution in [2.75, 3.05) is 11.9 Å². The van der Waals surface area contributed by atoms with Crippen molar-refractivity contribution in [2.24, 2.45) is 0 Å². The summed E-state index contributed by atoms with van der Waals surface area (Å²) in [6, 6.07) is 4.64. The van der Waals surface area contributed by atoms with E-state index in [0.29, 0.717) is 22.1 Å². The molecule has 24 heavy (non-hydrogen) atoms. The lowest BCUT2D eigenvalue weighted by atomic mass is 10.2. The molecule has 6 nitrogen and oxygen atoms in total. The molecule has 1 N–H and O–H groups in total. The van der Waals surface area contributed by atoms with E-state index >= 15 is 0 Å². The van der Waals surface area contributed by atoms with Gasteiger partial charge in [0.15, 0.2) is 11.4 Å². The van der Waals surface area contributed by atoms with Crippen molar-refractivity contribution in [3.63, 3.8) is 0 Å². The number of rotatable bonds is 4. The van der Waals surface area contributed by atoms with Gasteiger partial charge in [0.2, 0.25) is 0 Å². The molecule has 1 amide bonds. The van der Waals surface area contributed by atoms with Crippen molar-refractivity contribution >= 4 is 40.8 Å². The molecule has 0 aliphatic rings. The Morgan fingerprint density at radius 1 is 1.12 bits per heavy atom. The van der Waals surface area contributed by atoms with Crippen molar-refractivity contribution < 1.29 is 14.3 Å². The minimum absolute atomic E-state index is 0.123. The van der Waals surface area contributed by atoms with Gasteiger partial charge in [0.25, 0.3) is 5.91 Å². The number of carbonyl (C=O) groups excluding carboxylic acids is 2. The van der Waals surface area contributed by atoms with Gasteiger partial charge in [-0.2, -0.15) is 0 Å². The second-order valence-corrected chi connectivity index (χ2v) is 5.73. The summed E-state index contributed by atoms with van der Waals surface area (Å²) in [4.78, 5) is 32.9. The Morgan fingerprint density at radius 2 is 1.75 bits per heavy atom.